The predicted octanol–water partition coefficient (Wildman–Crippen LogP) is 2.09. The van der Waals surface area contributed by atoms with Crippen LogP contribution in [0.25, 0.3) is 10.9 Å². The fourth-order valence-corrected chi connectivity index (χ4v) is 1.27. The number of rotatable bonds is 1. The van der Waals surface area contributed by atoms with Crippen LogP contribution in [0.4, 0.5) is 4.39 Å². The molecule has 0 bridgehead atoms. The lowest BCUT2D eigenvalue weighted by Gasteiger charge is -2.03. The second kappa shape index (κ2) is 3.14. The zero-order valence-electron chi connectivity index (χ0n) is 7.49. The summed E-state index contributed by atoms with van der Waals surface area (Å²) in [7, 11) is 1.39. The zero-order valence-corrected chi connectivity index (χ0v) is 7.49. The van der Waals surface area contributed by atoms with Crippen molar-refractivity contribution in [2.24, 2.45) is 0 Å². The monoisotopic (exact) mass is 193 g/mol. The Kier molecular flexibility index (Phi) is 1.96. The number of ether oxygens (including phenoxy) is 1. The Balaban J connectivity index is 2.73. The van der Waals surface area contributed by atoms with E-state index in [2.05, 4.69) is 4.98 Å². The van der Waals surface area contributed by atoms with Gasteiger partial charge in [0, 0.05) is 11.5 Å². The zero-order chi connectivity index (χ0) is 10.1. The van der Waals surface area contributed by atoms with Gasteiger partial charge < -0.3 is 9.84 Å². The number of nitrogens with zero attached hydrogens (tertiary/aromatic N) is 1. The summed E-state index contributed by atoms with van der Waals surface area (Å²) in [5.41, 5.74) is 0.487. The summed E-state index contributed by atoms with van der Waals surface area (Å²) >= 11 is 0. The third-order valence-corrected chi connectivity index (χ3v) is 1.94. The summed E-state index contributed by atoms with van der Waals surface area (Å²) in [5.74, 6) is -0.269. The van der Waals surface area contributed by atoms with Crippen molar-refractivity contribution in [1.29, 1.82) is 0 Å². The van der Waals surface area contributed by atoms with Crippen molar-refractivity contribution in [2.45, 2.75) is 0 Å². The fourth-order valence-electron chi connectivity index (χ4n) is 1.27. The van der Waals surface area contributed by atoms with E-state index in [1.165, 1.54) is 31.5 Å². The minimum absolute atomic E-state index is 0.0474. The maximum Gasteiger partial charge on any atom is 0.167 e. The molecule has 1 aromatic heterocycles. The Hall–Kier alpha value is -1.84. The predicted molar refractivity (Wildman–Crippen MR) is 49.9 cm³/mol. The largest absolute Gasteiger partial charge is 0.506 e. The van der Waals surface area contributed by atoms with E-state index < -0.39 is 5.82 Å². The Morgan fingerprint density at radius 1 is 1.36 bits per heavy atom. The second-order valence-electron chi connectivity index (χ2n) is 2.87. The van der Waals surface area contributed by atoms with Gasteiger partial charge in [0.05, 0.1) is 18.8 Å². The van der Waals surface area contributed by atoms with E-state index in [9.17, 15) is 4.39 Å². The van der Waals surface area contributed by atoms with Gasteiger partial charge in [-0.05, 0) is 12.1 Å². The number of aromatic hydroxyl groups is 1. The number of aromatic nitrogens is 1. The molecule has 2 aromatic rings. The van der Waals surface area contributed by atoms with Crippen LogP contribution in [0, 0.1) is 5.82 Å². The highest BCUT2D eigenvalue weighted by Crippen LogP contribution is 2.25. The number of pyridine rings is 1. The quantitative estimate of drug-likeness (QED) is 0.754. The SMILES string of the molecule is COc1cc2cc(O)cnc2cc1F. The van der Waals surface area contributed by atoms with E-state index >= 15 is 0 Å². The van der Waals surface area contributed by atoms with E-state index in [1.54, 1.807) is 0 Å². The molecule has 0 amide bonds. The molecule has 1 aromatic carbocycles. The van der Waals surface area contributed by atoms with E-state index in [0.717, 1.165) is 0 Å². The summed E-state index contributed by atoms with van der Waals surface area (Å²) in [6, 6.07) is 4.27. The van der Waals surface area contributed by atoms with Crippen molar-refractivity contribution >= 4 is 10.9 Å². The molecule has 0 radical (unpaired) electrons. The number of methoxy groups -OCH3 is 1. The van der Waals surface area contributed by atoms with Crippen LogP contribution < -0.4 is 4.74 Å². The topological polar surface area (TPSA) is 42.4 Å². The summed E-state index contributed by atoms with van der Waals surface area (Å²) in [4.78, 5) is 3.87. The highest BCUT2D eigenvalue weighted by atomic mass is 19.1. The van der Waals surface area contributed by atoms with Gasteiger partial charge in [-0.2, -0.15) is 0 Å². The van der Waals surface area contributed by atoms with Gasteiger partial charge in [0.25, 0.3) is 0 Å². The highest BCUT2D eigenvalue weighted by molar-refractivity contribution is 5.81. The van der Waals surface area contributed by atoms with Gasteiger partial charge in [-0.25, -0.2) is 4.39 Å². The first-order chi connectivity index (χ1) is 6.70. The van der Waals surface area contributed by atoms with Crippen LogP contribution in [-0.2, 0) is 0 Å². The van der Waals surface area contributed by atoms with Crippen LogP contribution >= 0.6 is 0 Å². The molecule has 0 aliphatic carbocycles. The van der Waals surface area contributed by atoms with Crippen molar-refractivity contribution in [2.75, 3.05) is 7.11 Å². The number of halogens is 1. The Bertz CT molecular complexity index is 485. The average Bonchev–Trinajstić information content (AvgIpc) is 2.17. The molecule has 1 N–H and O–H groups in total. The van der Waals surface area contributed by atoms with E-state index in [1.807, 2.05) is 0 Å². The molecule has 0 fully saturated rings. The van der Waals surface area contributed by atoms with Crippen molar-refractivity contribution in [3.05, 3.63) is 30.2 Å². The van der Waals surface area contributed by atoms with Crippen molar-refractivity contribution in [3.8, 4) is 11.5 Å². The molecule has 0 saturated heterocycles. The lowest BCUT2D eigenvalue weighted by Crippen LogP contribution is -1.89. The molecule has 3 nitrogen and oxygen atoms in total. The van der Waals surface area contributed by atoms with Gasteiger partial charge in [0.2, 0.25) is 0 Å². The first-order valence-corrected chi connectivity index (χ1v) is 4.03. The van der Waals surface area contributed by atoms with Gasteiger partial charge in [-0.1, -0.05) is 0 Å². The van der Waals surface area contributed by atoms with Crippen LogP contribution in [0.5, 0.6) is 11.5 Å². The number of hydrogen-bond donors (Lipinski definition) is 1. The Labute approximate surface area is 79.8 Å². The molecule has 0 atom stereocenters. The third kappa shape index (κ3) is 1.35. The molecule has 2 rings (SSSR count). The van der Waals surface area contributed by atoms with Gasteiger partial charge in [-0.3, -0.25) is 4.98 Å². The van der Waals surface area contributed by atoms with Crippen LogP contribution in [0.3, 0.4) is 0 Å². The molecule has 0 aliphatic rings. The van der Waals surface area contributed by atoms with Crippen molar-refractivity contribution in [3.63, 3.8) is 0 Å². The maximum atomic E-state index is 13.2. The average molecular weight is 193 g/mol. The van der Waals surface area contributed by atoms with Crippen molar-refractivity contribution < 1.29 is 14.2 Å². The Morgan fingerprint density at radius 3 is 2.86 bits per heavy atom. The normalized spacial score (nSPS) is 10.4. The van der Waals surface area contributed by atoms with Crippen molar-refractivity contribution in [1.82, 2.24) is 4.98 Å². The molecule has 4 heteroatoms. The highest BCUT2D eigenvalue weighted by Gasteiger charge is 2.05. The molecule has 0 aliphatic heterocycles. The van der Waals surface area contributed by atoms with Crippen LogP contribution in [0.15, 0.2) is 24.4 Å². The minimum Gasteiger partial charge on any atom is -0.506 e. The van der Waals surface area contributed by atoms with E-state index in [-0.39, 0.29) is 11.5 Å². The number of hydrogen-bond acceptors (Lipinski definition) is 3. The van der Waals surface area contributed by atoms with Crippen LogP contribution in [-0.4, -0.2) is 17.2 Å². The second-order valence-corrected chi connectivity index (χ2v) is 2.87. The van der Waals surface area contributed by atoms with Crippen LogP contribution in [0.2, 0.25) is 0 Å². The summed E-state index contributed by atoms with van der Waals surface area (Å²) in [5, 5.41) is 9.81. The summed E-state index contributed by atoms with van der Waals surface area (Å²) in [6.45, 7) is 0. The third-order valence-electron chi connectivity index (χ3n) is 1.94. The molecule has 0 saturated carbocycles. The summed E-state index contributed by atoms with van der Waals surface area (Å²) in [6.07, 6.45) is 1.27. The molecular weight excluding hydrogens is 185 g/mol. The molecular formula is C10H8FNO2. The Morgan fingerprint density at radius 2 is 2.14 bits per heavy atom. The van der Waals surface area contributed by atoms with Gasteiger partial charge in [-0.15, -0.1) is 0 Å². The molecule has 0 spiro atoms. The molecule has 0 unspecified atom stereocenters. The smallest absolute Gasteiger partial charge is 0.167 e. The maximum absolute atomic E-state index is 13.2. The molecule has 1 heterocycles. The minimum atomic E-state index is -0.460. The fraction of sp³-hybridized carbons (Fsp3) is 0.100. The molecule has 14 heavy (non-hydrogen) atoms. The number of fused-ring (bicyclic) bond motifs is 1. The first-order valence-electron chi connectivity index (χ1n) is 4.03. The number of benzene rings is 1. The lowest BCUT2D eigenvalue weighted by atomic mass is 10.2. The van der Waals surface area contributed by atoms with E-state index in [4.69, 9.17) is 9.84 Å². The first kappa shape index (κ1) is 8.74. The van der Waals surface area contributed by atoms with E-state index in [0.29, 0.717) is 10.9 Å². The standard InChI is InChI=1S/C10H8FNO2/c1-14-10-3-6-2-7(13)5-12-9(6)4-8(10)11/h2-5,13H,1H3. The van der Waals surface area contributed by atoms with Gasteiger partial charge in [0.1, 0.15) is 5.75 Å². The van der Waals surface area contributed by atoms with Gasteiger partial charge in [0.15, 0.2) is 11.6 Å². The lowest BCUT2D eigenvalue weighted by molar-refractivity contribution is 0.387. The van der Waals surface area contributed by atoms with Gasteiger partial charge >= 0.3 is 0 Å². The van der Waals surface area contributed by atoms with Crippen LogP contribution in [0.1, 0.15) is 0 Å². The summed E-state index contributed by atoms with van der Waals surface area (Å²) < 4.78 is 18.0. The molecule has 72 valence electrons.